The predicted octanol–water partition coefficient (Wildman–Crippen LogP) is 5.26. The number of rotatable bonds is 9. The number of nitrogens with one attached hydrogen (secondary N) is 1. The molecule has 7 nitrogen and oxygen atoms in total. The molecule has 0 aliphatic carbocycles. The quantitative estimate of drug-likeness (QED) is 0.327. The van der Waals surface area contributed by atoms with Crippen LogP contribution in [-0.2, 0) is 25.3 Å². The van der Waals surface area contributed by atoms with Gasteiger partial charge in [0.25, 0.3) is 5.56 Å². The normalized spacial score (nSPS) is 11.4. The van der Waals surface area contributed by atoms with Gasteiger partial charge in [-0.1, -0.05) is 56.3 Å². The lowest BCUT2D eigenvalue weighted by Crippen LogP contribution is -2.13. The molecule has 0 aliphatic rings. The molecule has 33 heavy (non-hydrogen) atoms. The Morgan fingerprint density at radius 3 is 2.67 bits per heavy atom. The Kier molecular flexibility index (Phi) is 7.35. The maximum absolute atomic E-state index is 12.4. The highest BCUT2D eigenvalue weighted by Gasteiger charge is 2.16. The molecule has 4 aromatic rings. The van der Waals surface area contributed by atoms with E-state index in [1.54, 1.807) is 18.2 Å². The minimum Gasteiger partial charge on any atom is -0.486 e. The average molecular weight is 484 g/mol. The second kappa shape index (κ2) is 10.4. The first-order chi connectivity index (χ1) is 15.9. The molecule has 4 rings (SSSR count). The van der Waals surface area contributed by atoms with Gasteiger partial charge in [0.1, 0.15) is 18.2 Å². The molecule has 2 aromatic heterocycles. The van der Waals surface area contributed by atoms with Gasteiger partial charge in [0.2, 0.25) is 0 Å². The second-order valence-electron chi connectivity index (χ2n) is 8.15. The molecule has 0 radical (unpaired) electrons. The number of halogens is 1. The highest BCUT2D eigenvalue weighted by atomic mass is 35.5. The van der Waals surface area contributed by atoms with Crippen LogP contribution in [0.15, 0.2) is 52.4 Å². The van der Waals surface area contributed by atoms with Crippen molar-refractivity contribution in [2.75, 3.05) is 0 Å². The number of ether oxygens (including phenoxy) is 1. The molecule has 0 fully saturated rings. The van der Waals surface area contributed by atoms with Gasteiger partial charge in [0, 0.05) is 11.6 Å². The number of H-pyrrole nitrogens is 1. The van der Waals surface area contributed by atoms with E-state index in [4.69, 9.17) is 16.3 Å². The molecule has 2 heterocycles. The van der Waals surface area contributed by atoms with Gasteiger partial charge in [-0.15, -0.1) is 10.2 Å². The number of aromatic amines is 1. The number of aryl methyl sites for hydroxylation is 1. The smallest absolute Gasteiger partial charge is 0.258 e. The van der Waals surface area contributed by atoms with Crippen molar-refractivity contribution in [3.05, 3.63) is 75.1 Å². The number of fused-ring (bicyclic) bond motifs is 1. The summed E-state index contributed by atoms with van der Waals surface area (Å²) in [6.07, 6.45) is 0.995. The summed E-state index contributed by atoms with van der Waals surface area (Å²) in [5.41, 5.74) is 1.68. The van der Waals surface area contributed by atoms with Crippen molar-refractivity contribution in [1.82, 2.24) is 24.7 Å². The molecule has 172 valence electrons. The minimum atomic E-state index is -0.204. The van der Waals surface area contributed by atoms with Crippen molar-refractivity contribution in [3.63, 3.8) is 0 Å². The van der Waals surface area contributed by atoms with Crippen molar-refractivity contribution in [2.45, 2.75) is 51.3 Å². The number of nitrogens with zero attached hydrogens (tertiary/aromatic N) is 4. The fourth-order valence-electron chi connectivity index (χ4n) is 3.41. The van der Waals surface area contributed by atoms with Crippen LogP contribution in [0.1, 0.15) is 38.0 Å². The summed E-state index contributed by atoms with van der Waals surface area (Å²) >= 11 is 7.48. The number of benzene rings is 2. The first-order valence-corrected chi connectivity index (χ1v) is 12.2. The van der Waals surface area contributed by atoms with Crippen molar-refractivity contribution in [2.24, 2.45) is 5.92 Å². The lowest BCUT2D eigenvalue weighted by atomic mass is 10.2. The van der Waals surface area contributed by atoms with E-state index < -0.39 is 0 Å². The molecule has 0 saturated heterocycles. The lowest BCUT2D eigenvalue weighted by Gasteiger charge is -2.13. The summed E-state index contributed by atoms with van der Waals surface area (Å²) in [5, 5.41) is 10.5. The summed E-state index contributed by atoms with van der Waals surface area (Å²) in [5.74, 6) is 3.02. The van der Waals surface area contributed by atoms with E-state index in [0.717, 1.165) is 29.7 Å². The van der Waals surface area contributed by atoms with Crippen molar-refractivity contribution < 1.29 is 4.74 Å². The third-order valence-corrected chi connectivity index (χ3v) is 6.31. The Hall–Kier alpha value is -2.84. The van der Waals surface area contributed by atoms with Gasteiger partial charge in [-0.2, -0.15) is 0 Å². The largest absolute Gasteiger partial charge is 0.486 e. The fourth-order valence-corrected chi connectivity index (χ4v) is 4.42. The summed E-state index contributed by atoms with van der Waals surface area (Å²) < 4.78 is 8.04. The molecular formula is C24H26ClN5O2S. The highest BCUT2D eigenvalue weighted by molar-refractivity contribution is 7.98. The average Bonchev–Trinajstić information content (AvgIpc) is 3.17. The van der Waals surface area contributed by atoms with Gasteiger partial charge >= 0.3 is 0 Å². The molecular weight excluding hydrogens is 458 g/mol. The molecule has 0 unspecified atom stereocenters. The molecule has 0 saturated carbocycles. The molecule has 0 amide bonds. The number of hydrogen-bond donors (Lipinski definition) is 1. The van der Waals surface area contributed by atoms with E-state index in [2.05, 4.69) is 57.6 Å². The fraction of sp³-hybridized carbons (Fsp3) is 0.333. The number of thioether (sulfide) groups is 1. The van der Waals surface area contributed by atoms with Crippen molar-refractivity contribution >= 4 is 34.3 Å². The van der Waals surface area contributed by atoms with Crippen LogP contribution >= 0.6 is 23.4 Å². The van der Waals surface area contributed by atoms with Gasteiger partial charge < -0.3 is 14.3 Å². The standard InChI is InChI=1S/C24H26ClN5O2S/c1-4-16-5-8-18(9-6-16)32-13-22-28-29-24(30(22)12-15(2)3)33-14-21-26-20-10-7-17(25)11-19(20)23(31)27-21/h5-11,15H,4,12-14H2,1-3H3,(H,26,27,31). The topological polar surface area (TPSA) is 85.7 Å². The van der Waals surface area contributed by atoms with Gasteiger partial charge in [-0.25, -0.2) is 4.98 Å². The van der Waals surface area contributed by atoms with E-state index in [1.807, 2.05) is 12.1 Å². The summed E-state index contributed by atoms with van der Waals surface area (Å²) in [7, 11) is 0. The van der Waals surface area contributed by atoms with Gasteiger partial charge in [0.15, 0.2) is 11.0 Å². The Labute approximate surface area is 201 Å². The van der Waals surface area contributed by atoms with E-state index in [-0.39, 0.29) is 5.56 Å². The molecule has 0 aliphatic heterocycles. The monoisotopic (exact) mass is 483 g/mol. The zero-order valence-corrected chi connectivity index (χ0v) is 20.4. The van der Waals surface area contributed by atoms with Gasteiger partial charge in [-0.3, -0.25) is 4.79 Å². The lowest BCUT2D eigenvalue weighted by molar-refractivity contribution is 0.284. The van der Waals surface area contributed by atoms with Crippen LogP contribution in [-0.4, -0.2) is 24.7 Å². The Bertz CT molecular complexity index is 1300. The zero-order valence-electron chi connectivity index (χ0n) is 18.8. The van der Waals surface area contributed by atoms with Gasteiger partial charge in [-0.05, 0) is 48.2 Å². The van der Waals surface area contributed by atoms with Crippen LogP contribution in [0.3, 0.4) is 0 Å². The molecule has 2 aromatic carbocycles. The SMILES string of the molecule is CCc1ccc(OCc2nnc(SCc3nc4ccc(Cl)cc4c(=O)[nH]3)n2CC(C)C)cc1. The maximum atomic E-state index is 12.4. The molecule has 1 N–H and O–H groups in total. The van der Waals surface area contributed by atoms with Crippen LogP contribution in [0.5, 0.6) is 5.75 Å². The van der Waals surface area contributed by atoms with E-state index in [0.29, 0.717) is 40.0 Å². The van der Waals surface area contributed by atoms with Crippen molar-refractivity contribution in [1.29, 1.82) is 0 Å². The van der Waals surface area contributed by atoms with Crippen LogP contribution in [0.25, 0.3) is 10.9 Å². The van der Waals surface area contributed by atoms with E-state index >= 15 is 0 Å². The molecule has 0 spiro atoms. The Balaban J connectivity index is 1.50. The third-order valence-electron chi connectivity index (χ3n) is 5.10. The third kappa shape index (κ3) is 5.75. The summed E-state index contributed by atoms with van der Waals surface area (Å²) in [4.78, 5) is 19.8. The number of hydrogen-bond acceptors (Lipinski definition) is 6. The molecule has 9 heteroatoms. The first kappa shape index (κ1) is 23.3. The highest BCUT2D eigenvalue weighted by Crippen LogP contribution is 2.23. The zero-order chi connectivity index (χ0) is 23.4. The number of aromatic nitrogens is 5. The molecule has 0 bridgehead atoms. The van der Waals surface area contributed by atoms with E-state index in [9.17, 15) is 4.79 Å². The van der Waals surface area contributed by atoms with Gasteiger partial charge in [0.05, 0.1) is 16.7 Å². The first-order valence-electron chi connectivity index (χ1n) is 10.9. The van der Waals surface area contributed by atoms with Crippen LogP contribution in [0.4, 0.5) is 0 Å². The maximum Gasteiger partial charge on any atom is 0.258 e. The van der Waals surface area contributed by atoms with Crippen LogP contribution in [0.2, 0.25) is 5.02 Å². The second-order valence-corrected chi connectivity index (χ2v) is 9.53. The Morgan fingerprint density at radius 2 is 1.94 bits per heavy atom. The van der Waals surface area contributed by atoms with Crippen LogP contribution in [0, 0.1) is 5.92 Å². The van der Waals surface area contributed by atoms with Crippen LogP contribution < -0.4 is 10.3 Å². The molecule has 0 atom stereocenters. The van der Waals surface area contributed by atoms with Crippen molar-refractivity contribution in [3.8, 4) is 5.75 Å². The Morgan fingerprint density at radius 1 is 1.15 bits per heavy atom. The summed E-state index contributed by atoms with van der Waals surface area (Å²) in [6, 6.07) is 13.2. The minimum absolute atomic E-state index is 0.204. The predicted molar refractivity (Wildman–Crippen MR) is 132 cm³/mol. The summed E-state index contributed by atoms with van der Waals surface area (Å²) in [6.45, 7) is 7.52. The van der Waals surface area contributed by atoms with E-state index in [1.165, 1.54) is 17.3 Å².